The van der Waals surface area contributed by atoms with Gasteiger partial charge < -0.3 is 11.5 Å². The van der Waals surface area contributed by atoms with Crippen molar-refractivity contribution in [2.24, 2.45) is 11.5 Å². The standard InChI is InChI=1S/C9H12F2N2.ClH/c1-5-2-3-6(10)8(9(5)11)7(13)4-12;/h2-3,7H,4,12-13H2,1H3;1H/t7-;/m1./s1. The molecule has 0 spiro atoms. The van der Waals surface area contributed by atoms with Gasteiger partial charge in [-0.25, -0.2) is 8.78 Å². The van der Waals surface area contributed by atoms with Gasteiger partial charge in [-0.2, -0.15) is 0 Å². The zero-order chi connectivity index (χ0) is 10.0. The number of halogens is 3. The highest BCUT2D eigenvalue weighted by Gasteiger charge is 2.16. The molecule has 0 saturated heterocycles. The molecule has 1 aromatic carbocycles. The Kier molecular flexibility index (Phi) is 4.97. The largest absolute Gasteiger partial charge is 0.329 e. The van der Waals surface area contributed by atoms with Crippen LogP contribution in [0.15, 0.2) is 12.1 Å². The quantitative estimate of drug-likeness (QED) is 0.800. The Labute approximate surface area is 87.7 Å². The van der Waals surface area contributed by atoms with Crippen LogP contribution < -0.4 is 11.5 Å². The second kappa shape index (κ2) is 5.24. The molecule has 1 aromatic rings. The van der Waals surface area contributed by atoms with Gasteiger partial charge in [0.15, 0.2) is 0 Å². The fourth-order valence-electron chi connectivity index (χ4n) is 1.14. The average Bonchev–Trinajstić information content (AvgIpc) is 2.12. The van der Waals surface area contributed by atoms with E-state index in [0.29, 0.717) is 5.56 Å². The summed E-state index contributed by atoms with van der Waals surface area (Å²) >= 11 is 0. The summed E-state index contributed by atoms with van der Waals surface area (Å²) in [6.07, 6.45) is 0. The van der Waals surface area contributed by atoms with Crippen LogP contribution in [0.2, 0.25) is 0 Å². The van der Waals surface area contributed by atoms with E-state index in [1.165, 1.54) is 12.1 Å². The Morgan fingerprint density at radius 1 is 1.36 bits per heavy atom. The minimum absolute atomic E-state index is 0. The molecule has 4 N–H and O–H groups in total. The minimum Gasteiger partial charge on any atom is -0.329 e. The molecular weight excluding hydrogens is 210 g/mol. The van der Waals surface area contributed by atoms with E-state index in [1.807, 2.05) is 0 Å². The average molecular weight is 223 g/mol. The van der Waals surface area contributed by atoms with E-state index in [2.05, 4.69) is 0 Å². The molecule has 0 fully saturated rings. The molecule has 0 aliphatic heterocycles. The third-order valence-electron chi connectivity index (χ3n) is 1.94. The molecular formula is C9H13ClF2N2. The van der Waals surface area contributed by atoms with Crippen molar-refractivity contribution in [2.45, 2.75) is 13.0 Å². The summed E-state index contributed by atoms with van der Waals surface area (Å²) < 4.78 is 26.4. The maximum absolute atomic E-state index is 13.3. The van der Waals surface area contributed by atoms with Crippen LogP contribution in [0.4, 0.5) is 8.78 Å². The first-order chi connectivity index (χ1) is 6.07. The SMILES string of the molecule is Cc1ccc(F)c([C@H](N)CN)c1F.Cl. The van der Waals surface area contributed by atoms with Gasteiger partial charge >= 0.3 is 0 Å². The Morgan fingerprint density at radius 3 is 2.43 bits per heavy atom. The molecule has 0 aliphatic carbocycles. The molecule has 2 nitrogen and oxygen atoms in total. The lowest BCUT2D eigenvalue weighted by atomic mass is 10.0. The molecule has 0 amide bonds. The Balaban J connectivity index is 0.00000169. The Hall–Kier alpha value is -0.710. The molecule has 1 rings (SSSR count). The number of aryl methyl sites for hydroxylation is 1. The maximum atomic E-state index is 13.3. The van der Waals surface area contributed by atoms with Gasteiger partial charge in [-0.15, -0.1) is 12.4 Å². The Morgan fingerprint density at radius 2 is 1.93 bits per heavy atom. The van der Waals surface area contributed by atoms with Crippen LogP contribution in [0.5, 0.6) is 0 Å². The van der Waals surface area contributed by atoms with Crippen LogP contribution in [-0.2, 0) is 0 Å². The molecule has 0 aliphatic rings. The lowest BCUT2D eigenvalue weighted by Crippen LogP contribution is -2.23. The van der Waals surface area contributed by atoms with E-state index in [9.17, 15) is 8.78 Å². The molecule has 14 heavy (non-hydrogen) atoms. The Bertz CT molecular complexity index is 318. The molecule has 0 bridgehead atoms. The zero-order valence-electron chi connectivity index (χ0n) is 7.76. The van der Waals surface area contributed by atoms with Gasteiger partial charge in [0.25, 0.3) is 0 Å². The molecule has 0 aromatic heterocycles. The lowest BCUT2D eigenvalue weighted by Gasteiger charge is -2.12. The van der Waals surface area contributed by atoms with Gasteiger partial charge in [0.2, 0.25) is 0 Å². The van der Waals surface area contributed by atoms with E-state index in [4.69, 9.17) is 11.5 Å². The van der Waals surface area contributed by atoms with Gasteiger partial charge in [0, 0.05) is 18.2 Å². The fourth-order valence-corrected chi connectivity index (χ4v) is 1.14. The first-order valence-electron chi connectivity index (χ1n) is 3.98. The lowest BCUT2D eigenvalue weighted by molar-refractivity contribution is 0.523. The van der Waals surface area contributed by atoms with Gasteiger partial charge in [0.1, 0.15) is 11.6 Å². The number of hydrogen-bond donors (Lipinski definition) is 2. The zero-order valence-corrected chi connectivity index (χ0v) is 8.57. The normalized spacial score (nSPS) is 12.1. The van der Waals surface area contributed by atoms with Crippen LogP contribution in [0.3, 0.4) is 0 Å². The van der Waals surface area contributed by atoms with Crippen molar-refractivity contribution >= 4 is 12.4 Å². The minimum atomic E-state index is -0.778. The second-order valence-electron chi connectivity index (χ2n) is 2.93. The first-order valence-corrected chi connectivity index (χ1v) is 3.98. The third kappa shape index (κ3) is 2.41. The molecule has 0 heterocycles. The van der Waals surface area contributed by atoms with Gasteiger partial charge in [0.05, 0.1) is 0 Å². The van der Waals surface area contributed by atoms with Crippen molar-refractivity contribution in [1.82, 2.24) is 0 Å². The van der Waals surface area contributed by atoms with E-state index in [1.54, 1.807) is 6.92 Å². The monoisotopic (exact) mass is 222 g/mol. The maximum Gasteiger partial charge on any atom is 0.133 e. The molecule has 80 valence electrons. The highest BCUT2D eigenvalue weighted by atomic mass is 35.5. The van der Waals surface area contributed by atoms with Crippen LogP contribution in [-0.4, -0.2) is 6.54 Å². The van der Waals surface area contributed by atoms with E-state index < -0.39 is 17.7 Å². The highest BCUT2D eigenvalue weighted by Crippen LogP contribution is 2.20. The summed E-state index contributed by atoms with van der Waals surface area (Å²) in [5, 5.41) is 0. The topological polar surface area (TPSA) is 52.0 Å². The van der Waals surface area contributed by atoms with Crippen LogP contribution in [0.1, 0.15) is 17.2 Å². The second-order valence-corrected chi connectivity index (χ2v) is 2.93. The summed E-state index contributed by atoms with van der Waals surface area (Å²) in [5.41, 5.74) is 10.9. The van der Waals surface area contributed by atoms with Crippen molar-refractivity contribution in [3.8, 4) is 0 Å². The summed E-state index contributed by atoms with van der Waals surface area (Å²) in [4.78, 5) is 0. The summed E-state index contributed by atoms with van der Waals surface area (Å²) in [5.74, 6) is -1.24. The predicted molar refractivity (Wildman–Crippen MR) is 54.3 cm³/mol. The van der Waals surface area contributed by atoms with Crippen LogP contribution in [0, 0.1) is 18.6 Å². The summed E-state index contributed by atoms with van der Waals surface area (Å²) in [6.45, 7) is 1.58. The highest BCUT2D eigenvalue weighted by molar-refractivity contribution is 5.85. The van der Waals surface area contributed by atoms with Gasteiger partial charge in [-0.3, -0.25) is 0 Å². The molecule has 0 saturated carbocycles. The van der Waals surface area contributed by atoms with E-state index in [-0.39, 0.29) is 24.5 Å². The molecule has 5 heteroatoms. The molecule has 0 unspecified atom stereocenters. The number of nitrogens with two attached hydrogens (primary N) is 2. The number of hydrogen-bond acceptors (Lipinski definition) is 2. The van der Waals surface area contributed by atoms with Crippen LogP contribution >= 0.6 is 12.4 Å². The van der Waals surface area contributed by atoms with Crippen molar-refractivity contribution < 1.29 is 8.78 Å². The summed E-state index contributed by atoms with van der Waals surface area (Å²) in [7, 11) is 0. The fraction of sp³-hybridized carbons (Fsp3) is 0.333. The smallest absolute Gasteiger partial charge is 0.133 e. The van der Waals surface area contributed by atoms with Gasteiger partial charge in [-0.05, 0) is 18.6 Å². The van der Waals surface area contributed by atoms with Crippen molar-refractivity contribution in [3.05, 3.63) is 34.9 Å². The first kappa shape index (κ1) is 13.3. The number of rotatable bonds is 2. The van der Waals surface area contributed by atoms with Crippen molar-refractivity contribution in [2.75, 3.05) is 6.54 Å². The van der Waals surface area contributed by atoms with Crippen molar-refractivity contribution in [1.29, 1.82) is 0 Å². The van der Waals surface area contributed by atoms with Crippen molar-refractivity contribution in [3.63, 3.8) is 0 Å². The van der Waals surface area contributed by atoms with Gasteiger partial charge in [-0.1, -0.05) is 6.07 Å². The van der Waals surface area contributed by atoms with E-state index in [0.717, 1.165) is 0 Å². The predicted octanol–water partition coefficient (Wildman–Crippen LogP) is 1.65. The van der Waals surface area contributed by atoms with E-state index >= 15 is 0 Å². The molecule has 1 atom stereocenters. The molecule has 0 radical (unpaired) electrons. The van der Waals surface area contributed by atoms with Crippen LogP contribution in [0.25, 0.3) is 0 Å². The summed E-state index contributed by atoms with van der Waals surface area (Å²) in [6, 6.07) is 1.79. The number of benzene rings is 1. The third-order valence-corrected chi connectivity index (χ3v) is 1.94.